The van der Waals surface area contributed by atoms with E-state index < -0.39 is 11.9 Å². The van der Waals surface area contributed by atoms with Gasteiger partial charge in [0.15, 0.2) is 0 Å². The Morgan fingerprint density at radius 1 is 0.458 bits per heavy atom. The lowest BCUT2D eigenvalue weighted by Gasteiger charge is -2.09. The zero-order chi connectivity index (χ0) is 33.2. The Labute approximate surface area is 285 Å². The van der Waals surface area contributed by atoms with E-state index in [0.29, 0.717) is 48.0 Å². The van der Waals surface area contributed by atoms with Crippen LogP contribution in [0.5, 0.6) is 23.0 Å². The van der Waals surface area contributed by atoms with Gasteiger partial charge in [-0.2, -0.15) is 0 Å². The van der Waals surface area contributed by atoms with Gasteiger partial charge in [-0.05, 0) is 98.5 Å². The van der Waals surface area contributed by atoms with Crippen molar-refractivity contribution in [1.82, 2.24) is 0 Å². The lowest BCUT2D eigenvalue weighted by atomic mass is 10.1. The second kappa shape index (κ2) is 19.8. The van der Waals surface area contributed by atoms with Gasteiger partial charge in [-0.15, -0.1) is 0 Å². The van der Waals surface area contributed by atoms with Gasteiger partial charge in [-0.3, -0.25) is 0 Å². The van der Waals surface area contributed by atoms with Gasteiger partial charge in [0.1, 0.15) is 23.0 Å². The molecule has 0 bridgehead atoms. The molecule has 0 aromatic heterocycles. The van der Waals surface area contributed by atoms with E-state index in [9.17, 15) is 9.59 Å². The van der Waals surface area contributed by atoms with E-state index in [1.165, 1.54) is 64.2 Å². The maximum atomic E-state index is 12.6. The third-order valence-electron chi connectivity index (χ3n) is 8.61. The van der Waals surface area contributed by atoms with Crippen LogP contribution in [-0.4, -0.2) is 50.6 Å². The number of unbranched alkanes of at least 4 members (excludes halogenated alkanes) is 10. The Hall–Kier alpha value is -3.88. The van der Waals surface area contributed by atoms with Crippen molar-refractivity contribution in [2.24, 2.45) is 0 Å². The number of epoxide rings is 2. The summed E-state index contributed by atoms with van der Waals surface area (Å²) in [6.07, 6.45) is 17.9. The van der Waals surface area contributed by atoms with Crippen molar-refractivity contribution >= 4 is 11.9 Å². The first-order valence-corrected chi connectivity index (χ1v) is 17.9. The molecule has 0 radical (unpaired) electrons. The molecule has 2 fully saturated rings. The van der Waals surface area contributed by atoms with Gasteiger partial charge in [0.2, 0.25) is 0 Å². The highest BCUT2D eigenvalue weighted by Gasteiger charge is 2.21. The highest BCUT2D eigenvalue weighted by molar-refractivity contribution is 5.92. The first kappa shape index (κ1) is 35.4. The summed E-state index contributed by atoms with van der Waals surface area (Å²) in [5.74, 6) is 1.22. The molecule has 3 aromatic carbocycles. The molecule has 0 aliphatic carbocycles. The van der Waals surface area contributed by atoms with Crippen molar-refractivity contribution in [2.45, 2.75) is 102 Å². The molecule has 2 saturated heterocycles. The Balaban J connectivity index is 0.922. The van der Waals surface area contributed by atoms with Crippen LogP contribution in [0.1, 0.15) is 111 Å². The van der Waals surface area contributed by atoms with E-state index in [0.717, 1.165) is 50.4 Å². The summed E-state index contributed by atoms with van der Waals surface area (Å²) in [6.45, 7) is 3.24. The summed E-state index contributed by atoms with van der Waals surface area (Å²) < 4.78 is 33.2. The van der Waals surface area contributed by atoms with E-state index >= 15 is 0 Å². The lowest BCUT2D eigenvalue weighted by Crippen LogP contribution is -2.09. The average Bonchev–Trinajstić information content (AvgIpc) is 4.05. The number of carbonyl (C=O) groups excluding carboxylic acids is 2. The van der Waals surface area contributed by atoms with E-state index in [4.69, 9.17) is 28.4 Å². The van der Waals surface area contributed by atoms with Gasteiger partial charge in [0.25, 0.3) is 0 Å². The molecule has 0 saturated carbocycles. The van der Waals surface area contributed by atoms with Crippen LogP contribution in [0.3, 0.4) is 0 Å². The Morgan fingerprint density at radius 3 is 1.12 bits per heavy atom. The summed E-state index contributed by atoms with van der Waals surface area (Å²) in [6, 6.07) is 20.3. The molecule has 48 heavy (non-hydrogen) atoms. The molecule has 2 aliphatic rings. The summed E-state index contributed by atoms with van der Waals surface area (Å²) in [4.78, 5) is 25.3. The topological polar surface area (TPSA) is 96.1 Å². The molecule has 8 heteroatoms. The molecule has 2 heterocycles. The Bertz CT molecular complexity index is 1260. The van der Waals surface area contributed by atoms with Gasteiger partial charge in [-0.25, -0.2) is 9.59 Å². The second-order valence-corrected chi connectivity index (χ2v) is 12.7. The molecule has 2 aliphatic heterocycles. The number of ether oxygens (including phenoxy) is 6. The maximum absolute atomic E-state index is 12.6. The summed E-state index contributed by atoms with van der Waals surface area (Å²) in [5, 5.41) is 0. The van der Waals surface area contributed by atoms with Crippen molar-refractivity contribution in [2.75, 3.05) is 26.4 Å². The van der Waals surface area contributed by atoms with Crippen LogP contribution in [0.15, 0.2) is 72.8 Å². The molecule has 8 nitrogen and oxygen atoms in total. The third-order valence-corrected chi connectivity index (χ3v) is 8.61. The normalized spacial score (nSPS) is 16.2. The minimum atomic E-state index is -0.475. The fraction of sp³-hybridized carbons (Fsp3) is 0.500. The van der Waals surface area contributed by atoms with Crippen LogP contribution in [0.25, 0.3) is 0 Å². The van der Waals surface area contributed by atoms with Gasteiger partial charge in [0.05, 0.1) is 49.8 Å². The fourth-order valence-corrected chi connectivity index (χ4v) is 5.49. The second-order valence-electron chi connectivity index (χ2n) is 12.7. The number of rotatable bonds is 24. The molecule has 258 valence electrons. The standard InChI is InChI=1S/C40H50O8/c41-39(31-15-19-33(20-16-31)43-27-11-7-3-1-5-9-13-37-29-45-37)47-35-23-25-36(26-24-35)48-40(42)32-17-21-34(22-18-32)44-28-12-8-4-2-6-10-14-38-30-46-38/h15-26,37-38H,1-14,27-30H2. The summed E-state index contributed by atoms with van der Waals surface area (Å²) in [7, 11) is 0. The van der Waals surface area contributed by atoms with Gasteiger partial charge < -0.3 is 28.4 Å². The molecule has 0 spiro atoms. The number of hydrogen-bond acceptors (Lipinski definition) is 8. The highest BCUT2D eigenvalue weighted by Crippen LogP contribution is 2.23. The number of hydrogen-bond donors (Lipinski definition) is 0. The molecule has 3 aromatic rings. The molecular formula is C40H50O8. The van der Waals surface area contributed by atoms with E-state index in [1.54, 1.807) is 72.8 Å². The van der Waals surface area contributed by atoms with Crippen molar-refractivity contribution in [3.63, 3.8) is 0 Å². The van der Waals surface area contributed by atoms with Crippen LogP contribution in [0.4, 0.5) is 0 Å². The summed E-state index contributed by atoms with van der Waals surface area (Å²) in [5.41, 5.74) is 0.847. The van der Waals surface area contributed by atoms with Crippen LogP contribution in [0, 0.1) is 0 Å². The minimum Gasteiger partial charge on any atom is -0.494 e. The highest BCUT2D eigenvalue weighted by atomic mass is 16.6. The molecule has 5 rings (SSSR count). The number of esters is 2. The van der Waals surface area contributed by atoms with Crippen molar-refractivity contribution in [3.8, 4) is 23.0 Å². The first-order valence-electron chi connectivity index (χ1n) is 17.9. The fourth-order valence-electron chi connectivity index (χ4n) is 5.49. The molecule has 0 amide bonds. The Morgan fingerprint density at radius 2 is 0.771 bits per heavy atom. The van der Waals surface area contributed by atoms with Crippen LogP contribution >= 0.6 is 0 Å². The summed E-state index contributed by atoms with van der Waals surface area (Å²) >= 11 is 0. The maximum Gasteiger partial charge on any atom is 0.343 e. The van der Waals surface area contributed by atoms with Crippen LogP contribution in [0.2, 0.25) is 0 Å². The monoisotopic (exact) mass is 658 g/mol. The first-order chi connectivity index (χ1) is 23.6. The van der Waals surface area contributed by atoms with Gasteiger partial charge in [-0.1, -0.05) is 64.2 Å². The zero-order valence-corrected chi connectivity index (χ0v) is 28.1. The number of benzene rings is 3. The SMILES string of the molecule is O=C(Oc1ccc(OC(=O)c2ccc(OCCCCCCCCC3CO3)cc2)cc1)c1ccc(OCCCCCCCCC2CO2)cc1. The molecular weight excluding hydrogens is 608 g/mol. The van der Waals surface area contributed by atoms with E-state index in [2.05, 4.69) is 0 Å². The number of carbonyl (C=O) groups is 2. The van der Waals surface area contributed by atoms with Crippen molar-refractivity contribution < 1.29 is 38.0 Å². The zero-order valence-electron chi connectivity index (χ0n) is 28.1. The lowest BCUT2D eigenvalue weighted by molar-refractivity contribution is 0.0719. The predicted molar refractivity (Wildman–Crippen MR) is 184 cm³/mol. The minimum absolute atomic E-state index is 0.353. The molecule has 2 atom stereocenters. The third kappa shape index (κ3) is 13.7. The van der Waals surface area contributed by atoms with Crippen molar-refractivity contribution in [1.29, 1.82) is 0 Å². The van der Waals surface area contributed by atoms with E-state index in [-0.39, 0.29) is 0 Å². The predicted octanol–water partition coefficient (Wildman–Crippen LogP) is 9.14. The van der Waals surface area contributed by atoms with Crippen LogP contribution in [-0.2, 0) is 9.47 Å². The van der Waals surface area contributed by atoms with Crippen molar-refractivity contribution in [3.05, 3.63) is 83.9 Å². The largest absolute Gasteiger partial charge is 0.494 e. The van der Waals surface area contributed by atoms with Gasteiger partial charge >= 0.3 is 11.9 Å². The smallest absolute Gasteiger partial charge is 0.343 e. The average molecular weight is 659 g/mol. The van der Waals surface area contributed by atoms with Crippen LogP contribution < -0.4 is 18.9 Å². The van der Waals surface area contributed by atoms with E-state index in [1.807, 2.05) is 0 Å². The molecule has 0 N–H and O–H groups in total. The quantitative estimate of drug-likeness (QED) is 0.0407. The Kier molecular flexibility index (Phi) is 14.6. The van der Waals surface area contributed by atoms with Gasteiger partial charge in [0, 0.05) is 0 Å². The molecule has 2 unspecified atom stereocenters.